The fourth-order valence-corrected chi connectivity index (χ4v) is 2.49. The summed E-state index contributed by atoms with van der Waals surface area (Å²) < 4.78 is 2.00. The summed E-state index contributed by atoms with van der Waals surface area (Å²) in [5, 5.41) is 2.00. The van der Waals surface area contributed by atoms with Crippen molar-refractivity contribution in [2.75, 3.05) is 5.73 Å². The Labute approximate surface area is 108 Å². The summed E-state index contributed by atoms with van der Waals surface area (Å²) in [5.41, 5.74) is 7.42. The maximum Gasteiger partial charge on any atom is 0.173 e. The van der Waals surface area contributed by atoms with E-state index in [4.69, 9.17) is 5.73 Å². The van der Waals surface area contributed by atoms with Crippen LogP contribution in [0, 0.1) is 0 Å². The van der Waals surface area contributed by atoms with Crippen LogP contribution in [-0.2, 0) is 0 Å². The summed E-state index contributed by atoms with van der Waals surface area (Å²) in [5.74, 6) is 1.10. The third kappa shape index (κ3) is 1.65. The Morgan fingerprint density at radius 1 is 1.33 bits per heavy atom. The Hall–Kier alpha value is -1.95. The van der Waals surface area contributed by atoms with Crippen molar-refractivity contribution in [3.63, 3.8) is 0 Å². The van der Waals surface area contributed by atoms with Crippen molar-refractivity contribution in [3.05, 3.63) is 23.8 Å². The highest BCUT2D eigenvalue weighted by Gasteiger charge is 2.14. The lowest BCUT2D eigenvalue weighted by molar-refractivity contribution is 0.613. The van der Waals surface area contributed by atoms with Gasteiger partial charge in [-0.05, 0) is 25.3 Å². The molecule has 0 aliphatic carbocycles. The van der Waals surface area contributed by atoms with Crippen molar-refractivity contribution in [1.82, 2.24) is 19.5 Å². The van der Waals surface area contributed by atoms with E-state index in [0.29, 0.717) is 23.2 Å². The molecular formula is C12H13N5S. The number of nitrogen functional groups attached to an aromatic ring is 1. The molecule has 0 saturated carbocycles. The molecule has 3 aromatic rings. The highest BCUT2D eigenvalue weighted by atomic mass is 32.1. The van der Waals surface area contributed by atoms with Crippen LogP contribution in [0.4, 0.5) is 5.82 Å². The van der Waals surface area contributed by atoms with Crippen molar-refractivity contribution in [2.24, 2.45) is 0 Å². The summed E-state index contributed by atoms with van der Waals surface area (Å²) in [6.45, 7) is 4.18. The number of aromatic nitrogens is 4. The normalized spacial score (nSPS) is 11.5. The first-order valence-electron chi connectivity index (χ1n) is 5.70. The zero-order valence-corrected chi connectivity index (χ0v) is 11.0. The quantitative estimate of drug-likeness (QED) is 0.768. The number of rotatable bonds is 2. The minimum Gasteiger partial charge on any atom is -0.382 e. The molecule has 0 bridgehead atoms. The number of fused-ring (bicyclic) bond motifs is 1. The predicted molar refractivity (Wildman–Crippen MR) is 73.4 cm³/mol. The number of anilines is 1. The van der Waals surface area contributed by atoms with E-state index >= 15 is 0 Å². The van der Waals surface area contributed by atoms with Crippen LogP contribution in [0.3, 0.4) is 0 Å². The van der Waals surface area contributed by atoms with Gasteiger partial charge >= 0.3 is 0 Å². The SMILES string of the molecule is CC(C)n1cnc2c(N)nc(-c3cccs3)nc21. The number of imidazole rings is 1. The van der Waals surface area contributed by atoms with Crippen molar-refractivity contribution in [3.8, 4) is 10.7 Å². The van der Waals surface area contributed by atoms with Crippen molar-refractivity contribution < 1.29 is 0 Å². The number of thiophene rings is 1. The molecule has 5 nitrogen and oxygen atoms in total. The average Bonchev–Trinajstić information content (AvgIpc) is 2.97. The van der Waals surface area contributed by atoms with Crippen LogP contribution < -0.4 is 5.73 Å². The summed E-state index contributed by atoms with van der Waals surface area (Å²) in [6.07, 6.45) is 1.76. The Balaban J connectivity index is 2.27. The van der Waals surface area contributed by atoms with Crippen molar-refractivity contribution in [1.29, 1.82) is 0 Å². The monoisotopic (exact) mass is 259 g/mol. The number of hydrogen-bond acceptors (Lipinski definition) is 5. The van der Waals surface area contributed by atoms with E-state index < -0.39 is 0 Å². The summed E-state index contributed by atoms with van der Waals surface area (Å²) in [4.78, 5) is 14.2. The third-order valence-electron chi connectivity index (χ3n) is 2.75. The Bertz CT molecular complexity index is 684. The maximum absolute atomic E-state index is 5.95. The smallest absolute Gasteiger partial charge is 0.173 e. The third-order valence-corrected chi connectivity index (χ3v) is 3.61. The molecule has 18 heavy (non-hydrogen) atoms. The van der Waals surface area contributed by atoms with Crippen LogP contribution >= 0.6 is 11.3 Å². The first-order valence-corrected chi connectivity index (χ1v) is 6.58. The van der Waals surface area contributed by atoms with Gasteiger partial charge in [-0.25, -0.2) is 15.0 Å². The molecule has 0 aliphatic rings. The van der Waals surface area contributed by atoms with Gasteiger partial charge in [-0.1, -0.05) is 6.07 Å². The van der Waals surface area contributed by atoms with Gasteiger partial charge < -0.3 is 10.3 Å². The van der Waals surface area contributed by atoms with Gasteiger partial charge in [0.1, 0.15) is 5.52 Å². The molecule has 0 saturated heterocycles. The van der Waals surface area contributed by atoms with Gasteiger partial charge in [0.15, 0.2) is 17.3 Å². The summed E-state index contributed by atoms with van der Waals surface area (Å²) >= 11 is 1.60. The largest absolute Gasteiger partial charge is 0.382 e. The average molecular weight is 259 g/mol. The lowest BCUT2D eigenvalue weighted by Crippen LogP contribution is -2.02. The zero-order chi connectivity index (χ0) is 12.7. The molecule has 92 valence electrons. The van der Waals surface area contributed by atoms with E-state index in [0.717, 1.165) is 10.5 Å². The fraction of sp³-hybridized carbons (Fsp3) is 0.250. The van der Waals surface area contributed by atoms with Gasteiger partial charge in [0.2, 0.25) is 0 Å². The maximum atomic E-state index is 5.95. The second-order valence-corrected chi connectivity index (χ2v) is 5.28. The van der Waals surface area contributed by atoms with Gasteiger partial charge in [0.05, 0.1) is 11.2 Å². The molecule has 3 aromatic heterocycles. The van der Waals surface area contributed by atoms with Gasteiger partial charge in [-0.3, -0.25) is 0 Å². The first kappa shape index (κ1) is 11.2. The molecule has 3 rings (SSSR count). The van der Waals surface area contributed by atoms with Crippen LogP contribution in [0.15, 0.2) is 23.8 Å². The van der Waals surface area contributed by atoms with Crippen LogP contribution in [0.5, 0.6) is 0 Å². The standard InChI is InChI=1S/C12H13N5S/c1-7(2)17-6-14-9-10(13)15-11(16-12(9)17)8-4-3-5-18-8/h3-7H,1-2H3,(H2,13,15,16). The Morgan fingerprint density at radius 2 is 2.17 bits per heavy atom. The minimum atomic E-state index is 0.292. The Kier molecular flexibility index (Phi) is 2.52. The lowest BCUT2D eigenvalue weighted by Gasteiger charge is -2.07. The molecule has 0 spiro atoms. The topological polar surface area (TPSA) is 69.6 Å². The first-order chi connectivity index (χ1) is 8.66. The van der Waals surface area contributed by atoms with Gasteiger partial charge in [0, 0.05) is 6.04 Å². The highest BCUT2D eigenvalue weighted by Crippen LogP contribution is 2.26. The summed E-state index contributed by atoms with van der Waals surface area (Å²) in [7, 11) is 0. The molecule has 6 heteroatoms. The molecule has 0 atom stereocenters. The zero-order valence-electron chi connectivity index (χ0n) is 10.2. The van der Waals surface area contributed by atoms with Gasteiger partial charge in [-0.2, -0.15) is 0 Å². The molecule has 0 unspecified atom stereocenters. The van der Waals surface area contributed by atoms with Crippen LogP contribution in [0.2, 0.25) is 0 Å². The molecule has 0 aromatic carbocycles. The van der Waals surface area contributed by atoms with Gasteiger partial charge in [0.25, 0.3) is 0 Å². The highest BCUT2D eigenvalue weighted by molar-refractivity contribution is 7.13. The predicted octanol–water partition coefficient (Wildman–Crippen LogP) is 2.72. The molecule has 2 N–H and O–H groups in total. The lowest BCUT2D eigenvalue weighted by atomic mass is 10.3. The van der Waals surface area contributed by atoms with Crippen LogP contribution in [-0.4, -0.2) is 19.5 Å². The molecule has 3 heterocycles. The minimum absolute atomic E-state index is 0.292. The van der Waals surface area contributed by atoms with Crippen LogP contribution in [0.25, 0.3) is 21.9 Å². The second kappa shape index (κ2) is 4.06. The van der Waals surface area contributed by atoms with E-state index in [1.165, 1.54) is 0 Å². The van der Waals surface area contributed by atoms with E-state index in [1.807, 2.05) is 22.1 Å². The molecule has 0 fully saturated rings. The van der Waals surface area contributed by atoms with Crippen molar-refractivity contribution >= 4 is 28.3 Å². The van der Waals surface area contributed by atoms with Crippen LogP contribution in [0.1, 0.15) is 19.9 Å². The molecular weight excluding hydrogens is 246 g/mol. The van der Waals surface area contributed by atoms with Crippen molar-refractivity contribution in [2.45, 2.75) is 19.9 Å². The molecule has 0 aliphatic heterocycles. The van der Waals surface area contributed by atoms with E-state index in [2.05, 4.69) is 28.8 Å². The van der Waals surface area contributed by atoms with E-state index in [9.17, 15) is 0 Å². The number of hydrogen-bond donors (Lipinski definition) is 1. The number of nitrogens with zero attached hydrogens (tertiary/aromatic N) is 4. The molecule has 0 amide bonds. The van der Waals surface area contributed by atoms with E-state index in [-0.39, 0.29) is 0 Å². The molecule has 0 radical (unpaired) electrons. The van der Waals surface area contributed by atoms with E-state index in [1.54, 1.807) is 17.7 Å². The number of nitrogens with two attached hydrogens (primary N) is 1. The fourth-order valence-electron chi connectivity index (χ4n) is 1.83. The Morgan fingerprint density at radius 3 is 2.83 bits per heavy atom. The second-order valence-electron chi connectivity index (χ2n) is 4.33. The van der Waals surface area contributed by atoms with Gasteiger partial charge in [-0.15, -0.1) is 11.3 Å². The summed E-state index contributed by atoms with van der Waals surface area (Å²) in [6, 6.07) is 4.26.